The van der Waals surface area contributed by atoms with Crippen molar-refractivity contribution in [2.75, 3.05) is 5.75 Å². The minimum Gasteiger partial charge on any atom is -0.274 e. The summed E-state index contributed by atoms with van der Waals surface area (Å²) in [5.74, 6) is 0.0642. The number of carbonyl (C=O) groups excluding carboxylic acids is 1. The normalized spacial score (nSPS) is 23.0. The van der Waals surface area contributed by atoms with Crippen molar-refractivity contribution in [3.63, 3.8) is 0 Å². The molecule has 2 saturated carbocycles. The fraction of sp³-hybridized carbons (Fsp3) is 0.867. The second-order valence-corrected chi connectivity index (χ2v) is 8.48. The second-order valence-electron chi connectivity index (χ2n) is 6.76. The van der Waals surface area contributed by atoms with Crippen LogP contribution in [0.5, 0.6) is 0 Å². The molecule has 6 heteroatoms. The van der Waals surface area contributed by atoms with Gasteiger partial charge in [0.2, 0.25) is 15.9 Å². The first-order chi connectivity index (χ1) is 9.86. The van der Waals surface area contributed by atoms with E-state index in [1.165, 1.54) is 19.3 Å². The maximum atomic E-state index is 11.9. The summed E-state index contributed by atoms with van der Waals surface area (Å²) in [5, 5.41) is 8.94. The molecule has 1 N–H and O–H groups in total. The van der Waals surface area contributed by atoms with Crippen LogP contribution < -0.4 is 4.72 Å². The van der Waals surface area contributed by atoms with Crippen LogP contribution in [0, 0.1) is 28.6 Å². The third-order valence-electron chi connectivity index (χ3n) is 4.79. The maximum Gasteiger partial charge on any atom is 0.236 e. The molecule has 0 aliphatic heterocycles. The Bertz CT molecular complexity index is 526. The first kappa shape index (κ1) is 16.3. The van der Waals surface area contributed by atoms with Gasteiger partial charge in [0.25, 0.3) is 0 Å². The van der Waals surface area contributed by atoms with Gasteiger partial charge in [-0.3, -0.25) is 9.52 Å². The summed E-state index contributed by atoms with van der Waals surface area (Å²) in [7, 11) is -3.69. The molecule has 1 amide bonds. The molecule has 0 aromatic rings. The van der Waals surface area contributed by atoms with E-state index in [2.05, 4.69) is 4.72 Å². The number of sulfonamides is 1. The van der Waals surface area contributed by atoms with Gasteiger partial charge in [0.05, 0.1) is 17.2 Å². The van der Waals surface area contributed by atoms with Gasteiger partial charge in [0.15, 0.2) is 0 Å². The highest BCUT2D eigenvalue weighted by molar-refractivity contribution is 7.90. The number of amides is 1. The van der Waals surface area contributed by atoms with Crippen molar-refractivity contribution in [1.82, 2.24) is 4.72 Å². The van der Waals surface area contributed by atoms with Gasteiger partial charge in [-0.2, -0.15) is 5.26 Å². The van der Waals surface area contributed by atoms with Crippen LogP contribution in [0.15, 0.2) is 0 Å². The predicted molar refractivity (Wildman–Crippen MR) is 79.6 cm³/mol. The van der Waals surface area contributed by atoms with Gasteiger partial charge in [0.1, 0.15) is 0 Å². The zero-order chi connectivity index (χ0) is 15.5. The Morgan fingerprint density at radius 2 is 1.95 bits per heavy atom. The van der Waals surface area contributed by atoms with Gasteiger partial charge >= 0.3 is 0 Å². The molecule has 2 aliphatic rings. The van der Waals surface area contributed by atoms with E-state index in [1.54, 1.807) is 0 Å². The van der Waals surface area contributed by atoms with Crippen LogP contribution >= 0.6 is 0 Å². The van der Waals surface area contributed by atoms with Crippen molar-refractivity contribution in [3.05, 3.63) is 0 Å². The number of carbonyl (C=O) groups is 1. The molecule has 1 unspecified atom stereocenters. The van der Waals surface area contributed by atoms with Gasteiger partial charge in [-0.05, 0) is 24.7 Å². The molecule has 2 aliphatic carbocycles. The largest absolute Gasteiger partial charge is 0.274 e. The van der Waals surface area contributed by atoms with Crippen LogP contribution in [0.1, 0.15) is 58.3 Å². The first-order valence-corrected chi connectivity index (χ1v) is 9.46. The molecule has 2 fully saturated rings. The van der Waals surface area contributed by atoms with Crippen molar-refractivity contribution in [2.45, 2.75) is 58.3 Å². The first-order valence-electron chi connectivity index (χ1n) is 7.80. The molecular weight excluding hydrogens is 288 g/mol. The smallest absolute Gasteiger partial charge is 0.236 e. The van der Waals surface area contributed by atoms with Gasteiger partial charge < -0.3 is 0 Å². The average Bonchev–Trinajstić information content (AvgIpc) is 3.18. The summed E-state index contributed by atoms with van der Waals surface area (Å²) in [6.07, 6.45) is 7.42. The highest BCUT2D eigenvalue weighted by Gasteiger charge is 2.47. The molecule has 0 radical (unpaired) electrons. The summed E-state index contributed by atoms with van der Waals surface area (Å²) in [6, 6.07) is 2.04. The van der Waals surface area contributed by atoms with E-state index in [0.29, 0.717) is 18.8 Å². The van der Waals surface area contributed by atoms with E-state index in [4.69, 9.17) is 5.26 Å². The topological polar surface area (TPSA) is 87.0 Å². The molecule has 0 aromatic carbocycles. The number of nitriles is 1. The molecule has 5 nitrogen and oxygen atoms in total. The molecule has 0 aromatic heterocycles. The van der Waals surface area contributed by atoms with Crippen molar-refractivity contribution in [3.8, 4) is 6.07 Å². The van der Waals surface area contributed by atoms with Crippen molar-refractivity contribution in [1.29, 1.82) is 5.26 Å². The molecule has 21 heavy (non-hydrogen) atoms. The molecule has 0 spiro atoms. The Morgan fingerprint density at radius 3 is 2.48 bits per heavy atom. The SMILES string of the molecule is CC(CC(=O)NS(=O)(=O)CC1(C#N)CC1)C1CCCCC1. The molecule has 0 heterocycles. The third-order valence-corrected chi connectivity index (χ3v) is 6.26. The Labute approximate surface area is 127 Å². The van der Waals surface area contributed by atoms with Crippen molar-refractivity contribution >= 4 is 15.9 Å². The predicted octanol–water partition coefficient (Wildman–Crippen LogP) is 2.34. The number of nitrogens with zero attached hydrogens (tertiary/aromatic N) is 1. The highest BCUT2D eigenvalue weighted by atomic mass is 32.2. The standard InChI is InChI=1S/C15H24N2O3S/c1-12(13-5-3-2-4-6-13)9-14(18)17-21(19,20)11-15(10-16)7-8-15/h12-13H,2-9,11H2,1H3,(H,17,18). The lowest BCUT2D eigenvalue weighted by atomic mass is 9.79. The second kappa shape index (κ2) is 6.35. The summed E-state index contributed by atoms with van der Waals surface area (Å²) in [6.45, 7) is 2.03. The lowest BCUT2D eigenvalue weighted by Crippen LogP contribution is -2.36. The zero-order valence-corrected chi connectivity index (χ0v) is 13.4. The lowest BCUT2D eigenvalue weighted by molar-refractivity contribution is -0.120. The summed E-state index contributed by atoms with van der Waals surface area (Å²) < 4.78 is 26.0. The molecule has 118 valence electrons. The summed E-state index contributed by atoms with van der Waals surface area (Å²) in [5.41, 5.74) is -0.749. The van der Waals surface area contributed by atoms with E-state index < -0.39 is 21.3 Å². The Morgan fingerprint density at radius 1 is 1.33 bits per heavy atom. The Hall–Kier alpha value is -1.09. The van der Waals surface area contributed by atoms with E-state index in [1.807, 2.05) is 13.0 Å². The van der Waals surface area contributed by atoms with Crippen LogP contribution in [-0.4, -0.2) is 20.1 Å². The average molecular weight is 312 g/mol. The number of nitrogens with one attached hydrogen (secondary N) is 1. The Balaban J connectivity index is 1.82. The molecular formula is C15H24N2O3S. The van der Waals surface area contributed by atoms with Crippen LogP contribution in [0.2, 0.25) is 0 Å². The minimum atomic E-state index is -3.69. The molecule has 0 bridgehead atoms. The zero-order valence-electron chi connectivity index (χ0n) is 12.6. The number of rotatable bonds is 6. The number of hydrogen-bond acceptors (Lipinski definition) is 4. The fourth-order valence-electron chi connectivity index (χ4n) is 3.22. The van der Waals surface area contributed by atoms with Gasteiger partial charge in [-0.15, -0.1) is 0 Å². The van der Waals surface area contributed by atoms with E-state index >= 15 is 0 Å². The maximum absolute atomic E-state index is 11.9. The molecule has 0 saturated heterocycles. The van der Waals surface area contributed by atoms with Crippen LogP contribution in [0.3, 0.4) is 0 Å². The quantitative estimate of drug-likeness (QED) is 0.815. The van der Waals surface area contributed by atoms with Gasteiger partial charge in [0, 0.05) is 6.42 Å². The third kappa shape index (κ3) is 4.70. The van der Waals surface area contributed by atoms with E-state index in [0.717, 1.165) is 12.8 Å². The van der Waals surface area contributed by atoms with Gasteiger partial charge in [-0.25, -0.2) is 8.42 Å². The highest BCUT2D eigenvalue weighted by Crippen LogP contribution is 2.45. The van der Waals surface area contributed by atoms with Gasteiger partial charge in [-0.1, -0.05) is 39.0 Å². The summed E-state index contributed by atoms with van der Waals surface area (Å²) >= 11 is 0. The number of hydrogen-bond donors (Lipinski definition) is 1. The van der Waals surface area contributed by atoms with E-state index in [-0.39, 0.29) is 18.1 Å². The lowest BCUT2D eigenvalue weighted by Gasteiger charge is -2.27. The monoisotopic (exact) mass is 312 g/mol. The minimum absolute atomic E-state index is 0.214. The fourth-order valence-corrected chi connectivity index (χ4v) is 4.80. The van der Waals surface area contributed by atoms with E-state index in [9.17, 15) is 13.2 Å². The summed E-state index contributed by atoms with van der Waals surface area (Å²) in [4.78, 5) is 11.9. The van der Waals surface area contributed by atoms with Crippen molar-refractivity contribution in [2.24, 2.45) is 17.3 Å². The van der Waals surface area contributed by atoms with Crippen LogP contribution in [-0.2, 0) is 14.8 Å². The molecule has 1 atom stereocenters. The van der Waals surface area contributed by atoms with Crippen LogP contribution in [0.25, 0.3) is 0 Å². The molecule has 2 rings (SSSR count). The van der Waals surface area contributed by atoms with Crippen LogP contribution in [0.4, 0.5) is 0 Å². The Kier molecular flexibility index (Phi) is 4.92. The van der Waals surface area contributed by atoms with Crippen molar-refractivity contribution < 1.29 is 13.2 Å².